The standard InChI is InChI=1S/C17H21N3OS/c1-4-5-14(19-17-18-8-9-22-17)13-10-12-11(2)6-7-15(12)20(3)16(13)21/h5,8-11H,4,6-7H2,1-3H3,(H,18,19)/b14-5+. The summed E-state index contributed by atoms with van der Waals surface area (Å²) in [4.78, 5) is 17.0. The Morgan fingerprint density at radius 1 is 1.59 bits per heavy atom. The molecule has 0 spiro atoms. The van der Waals surface area contributed by atoms with Crippen LogP contribution in [0.3, 0.4) is 0 Å². The first kappa shape index (κ1) is 15.0. The summed E-state index contributed by atoms with van der Waals surface area (Å²) in [7, 11) is 1.88. The molecule has 1 aliphatic carbocycles. The zero-order chi connectivity index (χ0) is 15.7. The number of hydrogen-bond donors (Lipinski definition) is 1. The van der Waals surface area contributed by atoms with Crippen molar-refractivity contribution in [3.8, 4) is 0 Å². The Hall–Kier alpha value is -1.88. The van der Waals surface area contributed by atoms with Gasteiger partial charge in [0.15, 0.2) is 5.13 Å². The van der Waals surface area contributed by atoms with Gasteiger partial charge in [0.05, 0.1) is 5.56 Å². The maximum absolute atomic E-state index is 12.7. The third kappa shape index (κ3) is 2.61. The highest BCUT2D eigenvalue weighted by atomic mass is 32.1. The Labute approximate surface area is 134 Å². The monoisotopic (exact) mass is 315 g/mol. The molecule has 5 heteroatoms. The molecule has 2 aromatic heterocycles. The lowest BCUT2D eigenvalue weighted by Crippen LogP contribution is -2.25. The summed E-state index contributed by atoms with van der Waals surface area (Å²) in [6.45, 7) is 4.31. The highest BCUT2D eigenvalue weighted by Gasteiger charge is 2.24. The number of rotatable bonds is 4. The number of nitrogens with one attached hydrogen (secondary N) is 1. The van der Waals surface area contributed by atoms with Crippen molar-refractivity contribution in [2.75, 3.05) is 5.32 Å². The molecule has 0 fully saturated rings. The predicted octanol–water partition coefficient (Wildman–Crippen LogP) is 3.75. The summed E-state index contributed by atoms with van der Waals surface area (Å²) in [5.41, 5.74) is 4.16. The Kier molecular flexibility index (Phi) is 4.16. The fourth-order valence-electron chi connectivity index (χ4n) is 3.07. The Bertz CT molecular complexity index is 759. The van der Waals surface area contributed by atoms with Crippen molar-refractivity contribution in [3.63, 3.8) is 0 Å². The van der Waals surface area contributed by atoms with Gasteiger partial charge < -0.3 is 9.88 Å². The first-order valence-corrected chi connectivity index (χ1v) is 8.59. The summed E-state index contributed by atoms with van der Waals surface area (Å²) in [5, 5.41) is 6.05. The van der Waals surface area contributed by atoms with E-state index in [1.807, 2.05) is 17.0 Å². The van der Waals surface area contributed by atoms with Crippen LogP contribution in [0, 0.1) is 0 Å². The normalized spacial score (nSPS) is 17.6. The average molecular weight is 315 g/mol. The van der Waals surface area contributed by atoms with Gasteiger partial charge >= 0.3 is 0 Å². The lowest BCUT2D eigenvalue weighted by Gasteiger charge is -2.15. The minimum atomic E-state index is 0.0663. The summed E-state index contributed by atoms with van der Waals surface area (Å²) < 4.78 is 1.82. The number of hydrogen-bond acceptors (Lipinski definition) is 4. The van der Waals surface area contributed by atoms with E-state index in [1.54, 1.807) is 6.20 Å². The molecular formula is C17H21N3OS. The fourth-order valence-corrected chi connectivity index (χ4v) is 3.61. The molecule has 0 bridgehead atoms. The van der Waals surface area contributed by atoms with Crippen molar-refractivity contribution >= 4 is 22.2 Å². The van der Waals surface area contributed by atoms with Crippen LogP contribution in [0.15, 0.2) is 28.5 Å². The van der Waals surface area contributed by atoms with E-state index in [2.05, 4.69) is 36.3 Å². The van der Waals surface area contributed by atoms with Crippen molar-refractivity contribution in [1.82, 2.24) is 9.55 Å². The van der Waals surface area contributed by atoms with E-state index in [0.29, 0.717) is 5.92 Å². The van der Waals surface area contributed by atoms with Crippen LogP contribution >= 0.6 is 11.3 Å². The van der Waals surface area contributed by atoms with Gasteiger partial charge in [-0.25, -0.2) is 4.98 Å². The van der Waals surface area contributed by atoms with E-state index in [0.717, 1.165) is 35.7 Å². The smallest absolute Gasteiger partial charge is 0.259 e. The number of pyridine rings is 1. The van der Waals surface area contributed by atoms with Gasteiger partial charge in [-0.1, -0.05) is 19.9 Å². The molecule has 4 nitrogen and oxygen atoms in total. The van der Waals surface area contributed by atoms with E-state index in [4.69, 9.17) is 0 Å². The van der Waals surface area contributed by atoms with Crippen LogP contribution < -0.4 is 10.9 Å². The molecule has 22 heavy (non-hydrogen) atoms. The molecule has 0 aromatic carbocycles. The van der Waals surface area contributed by atoms with Crippen LogP contribution in [-0.2, 0) is 13.5 Å². The van der Waals surface area contributed by atoms with Gasteiger partial charge in [0.25, 0.3) is 5.56 Å². The van der Waals surface area contributed by atoms with Gasteiger partial charge in [-0.05, 0) is 36.8 Å². The molecule has 0 aliphatic heterocycles. The van der Waals surface area contributed by atoms with Crippen LogP contribution in [0.25, 0.3) is 5.70 Å². The van der Waals surface area contributed by atoms with E-state index >= 15 is 0 Å². The second kappa shape index (κ2) is 6.08. The van der Waals surface area contributed by atoms with Crippen molar-refractivity contribution < 1.29 is 0 Å². The maximum Gasteiger partial charge on any atom is 0.259 e. The topological polar surface area (TPSA) is 46.9 Å². The molecule has 116 valence electrons. The molecule has 1 unspecified atom stereocenters. The van der Waals surface area contributed by atoms with E-state index < -0.39 is 0 Å². The lowest BCUT2D eigenvalue weighted by atomic mass is 10.0. The number of aromatic nitrogens is 2. The number of anilines is 1. The molecule has 0 saturated heterocycles. The highest BCUT2D eigenvalue weighted by molar-refractivity contribution is 7.13. The van der Waals surface area contributed by atoms with E-state index in [1.165, 1.54) is 22.6 Å². The number of allylic oxidation sites excluding steroid dienone is 1. The van der Waals surface area contributed by atoms with Crippen LogP contribution in [0.4, 0.5) is 5.13 Å². The summed E-state index contributed by atoms with van der Waals surface area (Å²) in [6, 6.07) is 2.08. The second-order valence-electron chi connectivity index (χ2n) is 5.75. The molecule has 0 amide bonds. The van der Waals surface area contributed by atoms with Gasteiger partial charge in [-0.15, -0.1) is 11.3 Å². The molecule has 2 heterocycles. The summed E-state index contributed by atoms with van der Waals surface area (Å²) in [6.07, 6.45) is 6.81. The molecular weight excluding hydrogens is 294 g/mol. The van der Waals surface area contributed by atoms with Crippen LogP contribution in [0.2, 0.25) is 0 Å². The quantitative estimate of drug-likeness (QED) is 0.934. The number of thiazole rings is 1. The molecule has 3 rings (SSSR count). The van der Waals surface area contributed by atoms with Crippen LogP contribution in [0.1, 0.15) is 49.4 Å². The Balaban J connectivity index is 2.09. The third-order valence-corrected chi connectivity index (χ3v) is 4.98. The number of nitrogens with zero attached hydrogens (tertiary/aromatic N) is 2. The lowest BCUT2D eigenvalue weighted by molar-refractivity contribution is 0.736. The van der Waals surface area contributed by atoms with Crippen molar-refractivity contribution in [2.24, 2.45) is 7.05 Å². The third-order valence-electron chi connectivity index (χ3n) is 4.29. The van der Waals surface area contributed by atoms with Gasteiger partial charge in [0.1, 0.15) is 0 Å². The Morgan fingerprint density at radius 3 is 3.09 bits per heavy atom. The average Bonchev–Trinajstić information content (AvgIpc) is 3.13. The van der Waals surface area contributed by atoms with Crippen molar-refractivity contribution in [3.05, 3.63) is 50.9 Å². The van der Waals surface area contributed by atoms with Crippen molar-refractivity contribution in [1.29, 1.82) is 0 Å². The van der Waals surface area contributed by atoms with E-state index in [-0.39, 0.29) is 5.56 Å². The van der Waals surface area contributed by atoms with Gasteiger partial charge in [0.2, 0.25) is 0 Å². The minimum absolute atomic E-state index is 0.0663. The second-order valence-corrected chi connectivity index (χ2v) is 6.65. The van der Waals surface area contributed by atoms with Crippen molar-refractivity contribution in [2.45, 2.75) is 39.0 Å². The fraction of sp³-hybridized carbons (Fsp3) is 0.412. The first-order valence-electron chi connectivity index (χ1n) is 7.71. The first-order chi connectivity index (χ1) is 10.6. The molecule has 1 aliphatic rings. The summed E-state index contributed by atoms with van der Waals surface area (Å²) >= 11 is 1.54. The molecule has 1 N–H and O–H groups in total. The van der Waals surface area contributed by atoms with Crippen LogP contribution in [-0.4, -0.2) is 9.55 Å². The molecule has 1 atom stereocenters. The summed E-state index contributed by atoms with van der Waals surface area (Å²) in [5.74, 6) is 0.517. The Morgan fingerprint density at radius 2 is 2.41 bits per heavy atom. The molecule has 0 saturated carbocycles. The molecule has 0 radical (unpaired) electrons. The maximum atomic E-state index is 12.7. The highest BCUT2D eigenvalue weighted by Crippen LogP contribution is 2.33. The number of fused-ring (bicyclic) bond motifs is 1. The van der Waals surface area contributed by atoms with Crippen LogP contribution in [0.5, 0.6) is 0 Å². The SMILES string of the molecule is CC/C=C(/Nc1nccs1)c1cc2c(n(C)c1=O)CCC2C. The zero-order valence-electron chi connectivity index (χ0n) is 13.2. The van der Waals surface area contributed by atoms with Gasteiger partial charge in [0, 0.05) is 30.0 Å². The van der Waals surface area contributed by atoms with E-state index in [9.17, 15) is 4.79 Å². The van der Waals surface area contributed by atoms with Gasteiger partial charge in [-0.2, -0.15) is 0 Å². The largest absolute Gasteiger partial charge is 0.331 e. The zero-order valence-corrected chi connectivity index (χ0v) is 14.0. The predicted molar refractivity (Wildman–Crippen MR) is 92.4 cm³/mol. The minimum Gasteiger partial charge on any atom is -0.331 e. The van der Waals surface area contributed by atoms with Gasteiger partial charge in [-0.3, -0.25) is 4.79 Å². The molecule has 2 aromatic rings.